The molecule has 82 valence electrons. The molecule has 15 heavy (non-hydrogen) atoms. The van der Waals surface area contributed by atoms with E-state index in [0.717, 1.165) is 18.8 Å². The first-order chi connectivity index (χ1) is 7.18. The van der Waals surface area contributed by atoms with Gasteiger partial charge in [-0.25, -0.2) is 0 Å². The zero-order chi connectivity index (χ0) is 10.8. The predicted octanol–water partition coefficient (Wildman–Crippen LogP) is 3.16. The summed E-state index contributed by atoms with van der Waals surface area (Å²) in [6.45, 7) is 5.04. The molecule has 1 aromatic carbocycles. The fraction of sp³-hybridized carbons (Fsp3) is 0.500. The van der Waals surface area contributed by atoms with Crippen LogP contribution in [-0.2, 0) is 0 Å². The Kier molecular flexibility index (Phi) is 3.17. The molecule has 1 heterocycles. The van der Waals surface area contributed by atoms with E-state index in [9.17, 15) is 0 Å². The molecule has 1 aliphatic heterocycles. The number of rotatable bonds is 2. The van der Waals surface area contributed by atoms with Gasteiger partial charge in [0.2, 0.25) is 0 Å². The maximum atomic E-state index is 6.09. The van der Waals surface area contributed by atoms with Gasteiger partial charge in [-0.15, -0.1) is 0 Å². The molecule has 0 aromatic heterocycles. The van der Waals surface area contributed by atoms with E-state index in [-0.39, 0.29) is 0 Å². The summed E-state index contributed by atoms with van der Waals surface area (Å²) in [4.78, 5) is 0. The Morgan fingerprint density at radius 1 is 1.47 bits per heavy atom. The number of hydrogen-bond donors (Lipinski definition) is 1. The average molecular weight is 226 g/mol. The van der Waals surface area contributed by atoms with E-state index in [1.807, 2.05) is 12.1 Å². The van der Waals surface area contributed by atoms with Crippen molar-refractivity contribution in [2.75, 3.05) is 6.61 Å². The average Bonchev–Trinajstić information content (AvgIpc) is 2.19. The standard InChI is InChI=1S/C12H16ClNO/c1-8(2)14-11-6-7-15-12-9(11)4-3-5-10(12)13/h3-5,8,11,14H,6-7H2,1-2H3. The topological polar surface area (TPSA) is 21.3 Å². The number of ether oxygens (including phenoxy) is 1. The maximum absolute atomic E-state index is 6.09. The number of para-hydroxylation sites is 1. The Labute approximate surface area is 95.6 Å². The molecule has 1 unspecified atom stereocenters. The highest BCUT2D eigenvalue weighted by molar-refractivity contribution is 6.32. The molecule has 0 bridgehead atoms. The first-order valence-electron chi connectivity index (χ1n) is 5.35. The summed E-state index contributed by atoms with van der Waals surface area (Å²) in [5.41, 5.74) is 1.18. The van der Waals surface area contributed by atoms with E-state index < -0.39 is 0 Å². The summed E-state index contributed by atoms with van der Waals surface area (Å²) in [7, 11) is 0. The molecule has 0 aliphatic carbocycles. The second-order valence-electron chi connectivity index (χ2n) is 4.17. The van der Waals surface area contributed by atoms with Crippen LogP contribution >= 0.6 is 11.6 Å². The molecule has 1 atom stereocenters. The first-order valence-corrected chi connectivity index (χ1v) is 5.73. The van der Waals surface area contributed by atoms with Crippen LogP contribution in [0, 0.1) is 0 Å². The van der Waals surface area contributed by atoms with Crippen molar-refractivity contribution in [1.29, 1.82) is 0 Å². The van der Waals surface area contributed by atoms with Crippen molar-refractivity contribution in [1.82, 2.24) is 5.32 Å². The van der Waals surface area contributed by atoms with Crippen LogP contribution in [0.5, 0.6) is 5.75 Å². The lowest BCUT2D eigenvalue weighted by Gasteiger charge is -2.28. The van der Waals surface area contributed by atoms with Crippen molar-refractivity contribution < 1.29 is 4.74 Å². The third kappa shape index (κ3) is 2.27. The van der Waals surface area contributed by atoms with Gasteiger partial charge in [-0.05, 0) is 6.07 Å². The number of nitrogens with one attached hydrogen (secondary N) is 1. The van der Waals surface area contributed by atoms with Gasteiger partial charge in [0.05, 0.1) is 11.6 Å². The van der Waals surface area contributed by atoms with E-state index in [4.69, 9.17) is 16.3 Å². The van der Waals surface area contributed by atoms with Crippen molar-refractivity contribution in [2.45, 2.75) is 32.4 Å². The van der Waals surface area contributed by atoms with Gasteiger partial charge in [-0.3, -0.25) is 0 Å². The van der Waals surface area contributed by atoms with Crippen LogP contribution in [0.4, 0.5) is 0 Å². The summed E-state index contributed by atoms with van der Waals surface area (Å²) < 4.78 is 5.59. The van der Waals surface area contributed by atoms with Crippen molar-refractivity contribution in [2.24, 2.45) is 0 Å². The van der Waals surface area contributed by atoms with E-state index in [1.54, 1.807) is 0 Å². The first kappa shape index (κ1) is 10.8. The van der Waals surface area contributed by atoms with Gasteiger partial charge in [-0.1, -0.05) is 37.6 Å². The Morgan fingerprint density at radius 3 is 3.00 bits per heavy atom. The Morgan fingerprint density at radius 2 is 2.27 bits per heavy atom. The number of hydrogen-bond acceptors (Lipinski definition) is 2. The van der Waals surface area contributed by atoms with E-state index in [0.29, 0.717) is 17.1 Å². The van der Waals surface area contributed by atoms with Gasteiger partial charge in [0.15, 0.2) is 0 Å². The fourth-order valence-corrected chi connectivity index (χ4v) is 2.20. The highest BCUT2D eigenvalue weighted by Gasteiger charge is 2.23. The largest absolute Gasteiger partial charge is 0.492 e. The summed E-state index contributed by atoms with van der Waals surface area (Å²) in [6, 6.07) is 6.77. The molecule has 0 spiro atoms. The van der Waals surface area contributed by atoms with Gasteiger partial charge in [0.25, 0.3) is 0 Å². The monoisotopic (exact) mass is 225 g/mol. The highest BCUT2D eigenvalue weighted by atomic mass is 35.5. The van der Waals surface area contributed by atoms with Gasteiger partial charge < -0.3 is 10.1 Å². The van der Waals surface area contributed by atoms with Crippen LogP contribution in [0.15, 0.2) is 18.2 Å². The fourth-order valence-electron chi connectivity index (χ4n) is 1.96. The molecular weight excluding hydrogens is 210 g/mol. The molecule has 1 aromatic rings. The third-order valence-corrected chi connectivity index (χ3v) is 2.86. The normalized spacial score (nSPS) is 19.9. The number of fused-ring (bicyclic) bond motifs is 1. The minimum atomic E-state index is 0.368. The second kappa shape index (κ2) is 4.42. The van der Waals surface area contributed by atoms with E-state index in [2.05, 4.69) is 25.2 Å². The van der Waals surface area contributed by atoms with Crippen LogP contribution in [0.1, 0.15) is 31.9 Å². The minimum Gasteiger partial charge on any atom is -0.492 e. The van der Waals surface area contributed by atoms with Crippen molar-refractivity contribution in [3.05, 3.63) is 28.8 Å². The second-order valence-corrected chi connectivity index (χ2v) is 4.58. The van der Waals surface area contributed by atoms with Gasteiger partial charge in [0, 0.05) is 24.1 Å². The predicted molar refractivity (Wildman–Crippen MR) is 62.6 cm³/mol. The zero-order valence-electron chi connectivity index (χ0n) is 9.09. The van der Waals surface area contributed by atoms with Gasteiger partial charge in [-0.2, -0.15) is 0 Å². The molecule has 0 saturated carbocycles. The smallest absolute Gasteiger partial charge is 0.142 e. The van der Waals surface area contributed by atoms with E-state index >= 15 is 0 Å². The molecule has 0 saturated heterocycles. The molecular formula is C12H16ClNO. The zero-order valence-corrected chi connectivity index (χ0v) is 9.84. The van der Waals surface area contributed by atoms with Crippen LogP contribution in [0.2, 0.25) is 5.02 Å². The summed E-state index contributed by atoms with van der Waals surface area (Å²) in [5, 5.41) is 4.24. The summed E-state index contributed by atoms with van der Waals surface area (Å²) in [6.07, 6.45) is 1.01. The number of benzene rings is 1. The van der Waals surface area contributed by atoms with Crippen LogP contribution < -0.4 is 10.1 Å². The van der Waals surface area contributed by atoms with Crippen molar-refractivity contribution >= 4 is 11.6 Å². The minimum absolute atomic E-state index is 0.368. The highest BCUT2D eigenvalue weighted by Crippen LogP contribution is 2.37. The lowest BCUT2D eigenvalue weighted by atomic mass is 10.00. The molecule has 1 N–H and O–H groups in total. The number of halogens is 1. The Hall–Kier alpha value is -0.730. The maximum Gasteiger partial charge on any atom is 0.142 e. The van der Waals surface area contributed by atoms with Crippen LogP contribution in [0.3, 0.4) is 0 Å². The molecule has 0 fully saturated rings. The molecule has 0 amide bonds. The van der Waals surface area contributed by atoms with Crippen LogP contribution in [0.25, 0.3) is 0 Å². The SMILES string of the molecule is CC(C)NC1CCOc2c(Cl)cccc21. The third-order valence-electron chi connectivity index (χ3n) is 2.56. The van der Waals surface area contributed by atoms with Crippen molar-refractivity contribution in [3.63, 3.8) is 0 Å². The molecule has 2 nitrogen and oxygen atoms in total. The molecule has 1 aliphatic rings. The summed E-state index contributed by atoms with van der Waals surface area (Å²) >= 11 is 6.09. The Bertz CT molecular complexity index is 351. The van der Waals surface area contributed by atoms with Crippen molar-refractivity contribution in [3.8, 4) is 5.75 Å². The Balaban J connectivity index is 2.30. The van der Waals surface area contributed by atoms with Crippen LogP contribution in [-0.4, -0.2) is 12.6 Å². The van der Waals surface area contributed by atoms with Gasteiger partial charge >= 0.3 is 0 Å². The molecule has 2 rings (SSSR count). The lowest BCUT2D eigenvalue weighted by Crippen LogP contribution is -2.32. The lowest BCUT2D eigenvalue weighted by molar-refractivity contribution is 0.247. The molecule has 0 radical (unpaired) electrons. The molecule has 3 heteroatoms. The van der Waals surface area contributed by atoms with Gasteiger partial charge in [0.1, 0.15) is 5.75 Å². The quantitative estimate of drug-likeness (QED) is 0.835. The summed E-state index contributed by atoms with van der Waals surface area (Å²) in [5.74, 6) is 0.851. The van der Waals surface area contributed by atoms with E-state index in [1.165, 1.54) is 5.56 Å².